The Hall–Kier alpha value is -3.28. The average Bonchev–Trinajstić information content (AvgIpc) is 3.19. The fourth-order valence-electron chi connectivity index (χ4n) is 3.67. The molecule has 0 aliphatic carbocycles. The molecule has 1 aromatic heterocycles. The number of aromatic nitrogens is 2. The number of benzene rings is 3. The number of aryl methyl sites for hydroxylation is 1. The maximum absolute atomic E-state index is 12.9. The fraction of sp³-hybridized carbons (Fsp3) is 0.214. The molecule has 0 spiro atoms. The number of rotatable bonds is 8. The maximum Gasteiger partial charge on any atom is 0.256 e. The Morgan fingerprint density at radius 3 is 2.37 bits per heavy atom. The molecular weight excluding hydrogens is 481 g/mol. The van der Waals surface area contributed by atoms with Gasteiger partial charge in [-0.1, -0.05) is 67.4 Å². The van der Waals surface area contributed by atoms with E-state index in [9.17, 15) is 4.79 Å². The molecule has 4 aromatic rings. The molecule has 0 aliphatic rings. The summed E-state index contributed by atoms with van der Waals surface area (Å²) in [5.74, 6) is 1.49. The second kappa shape index (κ2) is 11.0. The Bertz CT molecular complexity index is 1310. The van der Waals surface area contributed by atoms with Crippen molar-refractivity contribution < 1.29 is 9.53 Å². The average molecular weight is 508 g/mol. The van der Waals surface area contributed by atoms with Crippen molar-refractivity contribution in [2.24, 2.45) is 0 Å². The van der Waals surface area contributed by atoms with E-state index in [-0.39, 0.29) is 5.91 Å². The number of amides is 1. The third-order valence-electron chi connectivity index (χ3n) is 5.73. The minimum absolute atomic E-state index is 0.242. The fourth-order valence-corrected chi connectivity index (χ4v) is 4.19. The quantitative estimate of drug-likeness (QED) is 0.268. The van der Waals surface area contributed by atoms with E-state index in [2.05, 4.69) is 36.4 Å². The summed E-state index contributed by atoms with van der Waals surface area (Å²) in [5, 5.41) is 8.54. The smallest absolute Gasteiger partial charge is 0.256 e. The topological polar surface area (TPSA) is 56.1 Å². The van der Waals surface area contributed by atoms with Crippen molar-refractivity contribution in [1.82, 2.24) is 9.78 Å². The highest BCUT2D eigenvalue weighted by molar-refractivity contribution is 6.36. The molecule has 0 fully saturated rings. The highest BCUT2D eigenvalue weighted by Crippen LogP contribution is 2.26. The summed E-state index contributed by atoms with van der Waals surface area (Å²) in [6, 6.07) is 22.7. The van der Waals surface area contributed by atoms with Gasteiger partial charge in [-0.25, -0.2) is 0 Å². The van der Waals surface area contributed by atoms with Gasteiger partial charge < -0.3 is 10.1 Å². The van der Waals surface area contributed by atoms with Gasteiger partial charge in [-0.3, -0.25) is 9.48 Å². The van der Waals surface area contributed by atoms with E-state index in [1.54, 1.807) is 28.9 Å². The zero-order valence-electron chi connectivity index (χ0n) is 19.9. The normalized spacial score (nSPS) is 11.0. The van der Waals surface area contributed by atoms with Gasteiger partial charge in [0.1, 0.15) is 12.4 Å². The molecule has 3 aromatic carbocycles. The standard InChI is InChI=1S/C28H27Cl2N3O2/c1-18(2)21-10-12-23(13-11-21)35-17-20-6-4-7-22(15-20)28(34)31-27-14-19(3)33(32-27)16-24-25(29)8-5-9-26(24)30/h4-15,18H,16-17H2,1-3H3,(H,31,32,34). The molecule has 0 saturated heterocycles. The van der Waals surface area contributed by atoms with Crippen LogP contribution < -0.4 is 10.1 Å². The van der Waals surface area contributed by atoms with Gasteiger partial charge in [0.15, 0.2) is 5.82 Å². The molecule has 0 aliphatic heterocycles. The van der Waals surface area contributed by atoms with Gasteiger partial charge in [0.05, 0.1) is 6.54 Å². The third kappa shape index (κ3) is 6.24. The van der Waals surface area contributed by atoms with E-state index < -0.39 is 0 Å². The van der Waals surface area contributed by atoms with Crippen LogP contribution >= 0.6 is 23.2 Å². The number of ether oxygens (including phenoxy) is 1. The number of anilines is 1. The van der Waals surface area contributed by atoms with E-state index in [4.69, 9.17) is 27.9 Å². The van der Waals surface area contributed by atoms with Gasteiger partial charge in [0.2, 0.25) is 0 Å². The van der Waals surface area contributed by atoms with Crippen LogP contribution in [0.5, 0.6) is 5.75 Å². The van der Waals surface area contributed by atoms with E-state index in [1.165, 1.54) is 5.56 Å². The van der Waals surface area contributed by atoms with Crippen LogP contribution in [0.25, 0.3) is 0 Å². The van der Waals surface area contributed by atoms with Crippen LogP contribution in [0, 0.1) is 6.92 Å². The first-order valence-electron chi connectivity index (χ1n) is 11.4. The van der Waals surface area contributed by atoms with E-state index in [1.807, 2.05) is 43.3 Å². The first-order chi connectivity index (χ1) is 16.8. The molecule has 7 heteroatoms. The van der Waals surface area contributed by atoms with E-state index >= 15 is 0 Å². The zero-order valence-corrected chi connectivity index (χ0v) is 21.4. The van der Waals surface area contributed by atoms with Crippen LogP contribution in [0.1, 0.15) is 52.5 Å². The van der Waals surface area contributed by atoms with Crippen molar-refractivity contribution >= 4 is 34.9 Å². The van der Waals surface area contributed by atoms with Crippen LogP contribution in [0.2, 0.25) is 10.0 Å². The second-order valence-electron chi connectivity index (χ2n) is 8.70. The molecule has 1 heterocycles. The van der Waals surface area contributed by atoms with Crippen LogP contribution in [0.3, 0.4) is 0 Å². The Balaban J connectivity index is 1.40. The van der Waals surface area contributed by atoms with Crippen molar-refractivity contribution in [3.05, 3.63) is 111 Å². The first kappa shape index (κ1) is 24.8. The summed E-state index contributed by atoms with van der Waals surface area (Å²) in [6.07, 6.45) is 0. The minimum atomic E-state index is -0.242. The predicted molar refractivity (Wildman–Crippen MR) is 142 cm³/mol. The summed E-state index contributed by atoms with van der Waals surface area (Å²) >= 11 is 12.6. The minimum Gasteiger partial charge on any atom is -0.489 e. The third-order valence-corrected chi connectivity index (χ3v) is 6.44. The Kier molecular flexibility index (Phi) is 7.79. The van der Waals surface area contributed by atoms with Gasteiger partial charge in [-0.2, -0.15) is 5.10 Å². The molecule has 0 radical (unpaired) electrons. The molecule has 0 saturated carbocycles. The van der Waals surface area contributed by atoms with Gasteiger partial charge in [-0.15, -0.1) is 0 Å². The zero-order chi connectivity index (χ0) is 24.9. The van der Waals surface area contributed by atoms with Crippen molar-refractivity contribution in [2.45, 2.75) is 39.8 Å². The van der Waals surface area contributed by atoms with Crippen LogP contribution in [-0.4, -0.2) is 15.7 Å². The van der Waals surface area contributed by atoms with Crippen LogP contribution in [0.15, 0.2) is 72.8 Å². The lowest BCUT2D eigenvalue weighted by molar-refractivity contribution is 0.102. The van der Waals surface area contributed by atoms with Gasteiger partial charge in [0.25, 0.3) is 5.91 Å². The molecule has 0 atom stereocenters. The highest BCUT2D eigenvalue weighted by atomic mass is 35.5. The molecular formula is C28H27Cl2N3O2. The molecule has 180 valence electrons. The summed E-state index contributed by atoms with van der Waals surface area (Å²) < 4.78 is 7.67. The Morgan fingerprint density at radius 1 is 1.00 bits per heavy atom. The van der Waals surface area contributed by atoms with Gasteiger partial charge in [0, 0.05) is 32.9 Å². The number of hydrogen-bond donors (Lipinski definition) is 1. The summed E-state index contributed by atoms with van der Waals surface area (Å²) in [7, 11) is 0. The van der Waals surface area contributed by atoms with Crippen molar-refractivity contribution in [3.8, 4) is 5.75 Å². The molecule has 4 rings (SSSR count). The van der Waals surface area contributed by atoms with E-state index in [0.29, 0.717) is 40.5 Å². The number of hydrogen-bond acceptors (Lipinski definition) is 3. The number of nitrogens with one attached hydrogen (secondary N) is 1. The molecule has 0 unspecified atom stereocenters. The van der Waals surface area contributed by atoms with Crippen molar-refractivity contribution in [1.29, 1.82) is 0 Å². The van der Waals surface area contributed by atoms with Crippen molar-refractivity contribution in [2.75, 3.05) is 5.32 Å². The molecule has 0 bridgehead atoms. The molecule has 1 N–H and O–H groups in total. The monoisotopic (exact) mass is 507 g/mol. The Morgan fingerprint density at radius 2 is 1.69 bits per heavy atom. The summed E-state index contributed by atoms with van der Waals surface area (Å²) in [5.41, 5.74) is 4.36. The number of carbonyl (C=O) groups is 1. The predicted octanol–water partition coefficient (Wildman–Crippen LogP) is 7.50. The lowest BCUT2D eigenvalue weighted by atomic mass is 10.0. The van der Waals surface area contributed by atoms with Gasteiger partial charge in [-0.05, 0) is 60.4 Å². The van der Waals surface area contributed by atoms with Crippen LogP contribution in [-0.2, 0) is 13.2 Å². The molecule has 35 heavy (non-hydrogen) atoms. The summed E-state index contributed by atoms with van der Waals surface area (Å²) in [4.78, 5) is 12.9. The molecule has 1 amide bonds. The molecule has 5 nitrogen and oxygen atoms in total. The maximum atomic E-state index is 12.9. The number of nitrogens with zero attached hydrogens (tertiary/aromatic N) is 2. The Labute approximate surface area is 215 Å². The largest absolute Gasteiger partial charge is 0.489 e. The number of carbonyl (C=O) groups excluding carboxylic acids is 1. The van der Waals surface area contributed by atoms with E-state index in [0.717, 1.165) is 22.6 Å². The SMILES string of the molecule is Cc1cc(NC(=O)c2cccc(COc3ccc(C(C)C)cc3)c2)nn1Cc1c(Cl)cccc1Cl. The van der Waals surface area contributed by atoms with Crippen molar-refractivity contribution in [3.63, 3.8) is 0 Å². The van der Waals surface area contributed by atoms with Crippen LogP contribution in [0.4, 0.5) is 5.82 Å². The summed E-state index contributed by atoms with van der Waals surface area (Å²) in [6.45, 7) is 7.01. The highest BCUT2D eigenvalue weighted by Gasteiger charge is 2.13. The van der Waals surface area contributed by atoms with Gasteiger partial charge >= 0.3 is 0 Å². The second-order valence-corrected chi connectivity index (χ2v) is 9.51. The lowest BCUT2D eigenvalue weighted by Crippen LogP contribution is -2.13. The lowest BCUT2D eigenvalue weighted by Gasteiger charge is -2.10. The number of halogens is 2. The first-order valence-corrected chi connectivity index (χ1v) is 12.2.